The number of amides is 1. The first-order chi connectivity index (χ1) is 12.7. The lowest BCUT2D eigenvalue weighted by Crippen LogP contribution is -2.36. The highest BCUT2D eigenvalue weighted by Gasteiger charge is 2.25. The van der Waals surface area contributed by atoms with Gasteiger partial charge in [0, 0.05) is 25.9 Å². The summed E-state index contributed by atoms with van der Waals surface area (Å²) in [4.78, 5) is 14.3. The lowest BCUT2D eigenvalue weighted by molar-refractivity contribution is -0.121. The molecule has 2 unspecified atom stereocenters. The number of benzene rings is 2. The normalized spacial score (nSPS) is 22.4. The fourth-order valence-corrected chi connectivity index (χ4v) is 3.99. The van der Waals surface area contributed by atoms with Crippen LogP contribution in [-0.4, -0.2) is 32.2 Å². The Kier molecular flexibility index (Phi) is 4.93. The van der Waals surface area contributed by atoms with Crippen LogP contribution in [0.5, 0.6) is 0 Å². The number of rotatable bonds is 4. The summed E-state index contributed by atoms with van der Waals surface area (Å²) < 4.78 is 5.85. The quantitative estimate of drug-likeness (QED) is 0.918. The van der Waals surface area contributed by atoms with E-state index in [1.165, 1.54) is 24.1 Å². The first-order valence-electron chi connectivity index (χ1n) is 9.50. The number of hydrogen-bond acceptors (Lipinski definition) is 3. The van der Waals surface area contributed by atoms with Crippen LogP contribution >= 0.6 is 0 Å². The van der Waals surface area contributed by atoms with Crippen LogP contribution < -0.4 is 10.2 Å². The number of hydrogen-bond donors (Lipinski definition) is 1. The van der Waals surface area contributed by atoms with Gasteiger partial charge in [0.1, 0.15) is 0 Å². The Morgan fingerprint density at radius 1 is 1.12 bits per heavy atom. The number of anilines is 1. The molecule has 0 spiro atoms. The third-order valence-electron chi connectivity index (χ3n) is 5.44. The topological polar surface area (TPSA) is 41.6 Å². The molecule has 0 saturated carbocycles. The maximum absolute atomic E-state index is 12.1. The van der Waals surface area contributed by atoms with Crippen molar-refractivity contribution in [3.8, 4) is 0 Å². The van der Waals surface area contributed by atoms with Gasteiger partial charge < -0.3 is 15.0 Å². The molecule has 4 nitrogen and oxygen atoms in total. The second kappa shape index (κ2) is 7.50. The fraction of sp³-hybridized carbons (Fsp3) is 0.409. The van der Waals surface area contributed by atoms with Crippen LogP contribution in [0.1, 0.15) is 42.0 Å². The highest BCUT2D eigenvalue weighted by atomic mass is 16.5. The summed E-state index contributed by atoms with van der Waals surface area (Å²) in [5.41, 5.74) is 4.62. The minimum absolute atomic E-state index is 0.0616. The lowest BCUT2D eigenvalue weighted by Gasteiger charge is -2.30. The second-order valence-electron chi connectivity index (χ2n) is 7.34. The number of carbonyl (C=O) groups excluding carboxylic acids is 1. The molecule has 0 aromatic heterocycles. The number of fused-ring (bicyclic) bond motifs is 1. The van der Waals surface area contributed by atoms with E-state index >= 15 is 0 Å². The number of nitrogens with one attached hydrogen (secondary N) is 1. The molecule has 136 valence electrons. The molecule has 0 bridgehead atoms. The highest BCUT2D eigenvalue weighted by molar-refractivity contribution is 5.82. The zero-order valence-corrected chi connectivity index (χ0v) is 15.3. The minimum Gasteiger partial charge on any atom is -0.376 e. The summed E-state index contributed by atoms with van der Waals surface area (Å²) in [5.74, 6) is 0.0874. The van der Waals surface area contributed by atoms with Crippen molar-refractivity contribution in [3.63, 3.8) is 0 Å². The maximum atomic E-state index is 12.1. The molecule has 1 amide bonds. The molecule has 4 heteroatoms. The van der Waals surface area contributed by atoms with Crippen molar-refractivity contribution >= 4 is 11.6 Å². The van der Waals surface area contributed by atoms with Gasteiger partial charge >= 0.3 is 0 Å². The molecule has 1 saturated heterocycles. The Bertz CT molecular complexity index is 766. The monoisotopic (exact) mass is 350 g/mol. The molecule has 2 aliphatic heterocycles. The van der Waals surface area contributed by atoms with Crippen molar-refractivity contribution in [1.29, 1.82) is 0 Å². The van der Waals surface area contributed by atoms with E-state index in [0.29, 0.717) is 12.5 Å². The number of likely N-dealkylation sites (N-methyl/N-ethyl adjacent to an activating group) is 1. The fourth-order valence-electron chi connectivity index (χ4n) is 3.99. The van der Waals surface area contributed by atoms with E-state index in [2.05, 4.69) is 47.6 Å². The van der Waals surface area contributed by atoms with Gasteiger partial charge in [-0.05, 0) is 48.1 Å². The Balaban J connectivity index is 1.50. The van der Waals surface area contributed by atoms with E-state index in [1.54, 1.807) is 0 Å². The molecule has 1 fully saturated rings. The Hall–Kier alpha value is -2.33. The molecule has 2 atom stereocenters. The number of nitrogens with zero attached hydrogens (tertiary/aromatic N) is 1. The van der Waals surface area contributed by atoms with Gasteiger partial charge in [0.05, 0.1) is 18.6 Å². The van der Waals surface area contributed by atoms with Crippen molar-refractivity contribution in [2.45, 2.75) is 37.8 Å². The predicted octanol–water partition coefficient (Wildman–Crippen LogP) is 3.45. The van der Waals surface area contributed by atoms with Crippen LogP contribution in [-0.2, 0) is 16.0 Å². The van der Waals surface area contributed by atoms with E-state index < -0.39 is 0 Å². The van der Waals surface area contributed by atoms with Crippen molar-refractivity contribution in [1.82, 2.24) is 5.32 Å². The van der Waals surface area contributed by atoms with Crippen LogP contribution in [0.2, 0.25) is 0 Å². The predicted molar refractivity (Wildman–Crippen MR) is 103 cm³/mol. The molecule has 2 aromatic rings. The first kappa shape index (κ1) is 17.1. The summed E-state index contributed by atoms with van der Waals surface area (Å²) in [6.45, 7) is 1.81. The maximum Gasteiger partial charge on any atom is 0.225 e. The van der Waals surface area contributed by atoms with Gasteiger partial charge in [-0.3, -0.25) is 4.79 Å². The van der Waals surface area contributed by atoms with Gasteiger partial charge in [-0.25, -0.2) is 0 Å². The standard InChI is InChI=1S/C22H26N2O2/c1-24(15-19-7-4-5-13-26-19)18-11-9-16(10-12-18)22-20-8-3-2-6-17(20)14-21(25)23-22/h2-3,6,8-12,19,22H,4-5,7,13-15H2,1H3,(H,23,25). The SMILES string of the molecule is CN(CC1CCCCO1)c1ccc(C2NC(=O)Cc3ccccc32)cc1. The largest absolute Gasteiger partial charge is 0.376 e. The van der Waals surface area contributed by atoms with E-state index in [-0.39, 0.29) is 11.9 Å². The summed E-state index contributed by atoms with van der Waals surface area (Å²) >= 11 is 0. The van der Waals surface area contributed by atoms with Gasteiger partial charge in [-0.2, -0.15) is 0 Å². The molecule has 26 heavy (non-hydrogen) atoms. The van der Waals surface area contributed by atoms with E-state index in [1.807, 2.05) is 18.2 Å². The zero-order chi connectivity index (χ0) is 17.9. The van der Waals surface area contributed by atoms with Crippen LogP contribution in [0.25, 0.3) is 0 Å². The Labute approximate surface area is 155 Å². The van der Waals surface area contributed by atoms with E-state index in [0.717, 1.165) is 30.7 Å². The van der Waals surface area contributed by atoms with Crippen LogP contribution in [0.4, 0.5) is 5.69 Å². The summed E-state index contributed by atoms with van der Waals surface area (Å²) in [5, 5.41) is 3.13. The van der Waals surface area contributed by atoms with Gasteiger partial charge in [0.2, 0.25) is 5.91 Å². The van der Waals surface area contributed by atoms with Crippen molar-refractivity contribution in [3.05, 3.63) is 65.2 Å². The molecule has 2 aliphatic rings. The molecule has 0 aliphatic carbocycles. The van der Waals surface area contributed by atoms with Gasteiger partial charge in [-0.15, -0.1) is 0 Å². The van der Waals surface area contributed by atoms with Gasteiger partial charge in [0.25, 0.3) is 0 Å². The Morgan fingerprint density at radius 2 is 1.92 bits per heavy atom. The summed E-state index contributed by atoms with van der Waals surface area (Å²) in [6.07, 6.45) is 4.39. The molecule has 2 heterocycles. The van der Waals surface area contributed by atoms with E-state index in [4.69, 9.17) is 4.74 Å². The summed E-state index contributed by atoms with van der Waals surface area (Å²) in [7, 11) is 2.12. The molecule has 4 rings (SSSR count). The average Bonchev–Trinajstić information content (AvgIpc) is 2.68. The van der Waals surface area contributed by atoms with Crippen molar-refractivity contribution in [2.24, 2.45) is 0 Å². The first-order valence-corrected chi connectivity index (χ1v) is 9.50. The molecule has 2 aromatic carbocycles. The zero-order valence-electron chi connectivity index (χ0n) is 15.3. The van der Waals surface area contributed by atoms with E-state index in [9.17, 15) is 4.79 Å². The smallest absolute Gasteiger partial charge is 0.225 e. The lowest BCUT2D eigenvalue weighted by atomic mass is 9.89. The van der Waals surface area contributed by atoms with Crippen LogP contribution in [0, 0.1) is 0 Å². The minimum atomic E-state index is -0.0616. The average molecular weight is 350 g/mol. The third kappa shape index (κ3) is 3.61. The molecular weight excluding hydrogens is 324 g/mol. The number of ether oxygens (including phenoxy) is 1. The Morgan fingerprint density at radius 3 is 2.69 bits per heavy atom. The van der Waals surface area contributed by atoms with Crippen LogP contribution in [0.3, 0.4) is 0 Å². The van der Waals surface area contributed by atoms with Crippen molar-refractivity contribution in [2.75, 3.05) is 25.1 Å². The number of carbonyl (C=O) groups is 1. The highest BCUT2D eigenvalue weighted by Crippen LogP contribution is 2.30. The van der Waals surface area contributed by atoms with Gasteiger partial charge in [-0.1, -0.05) is 36.4 Å². The van der Waals surface area contributed by atoms with Gasteiger partial charge in [0.15, 0.2) is 0 Å². The summed E-state index contributed by atoms with van der Waals surface area (Å²) in [6, 6.07) is 16.7. The van der Waals surface area contributed by atoms with Crippen molar-refractivity contribution < 1.29 is 9.53 Å². The third-order valence-corrected chi connectivity index (χ3v) is 5.44. The molecular formula is C22H26N2O2. The molecule has 0 radical (unpaired) electrons. The van der Waals surface area contributed by atoms with Crippen LogP contribution in [0.15, 0.2) is 48.5 Å². The molecule has 1 N–H and O–H groups in total. The second-order valence-corrected chi connectivity index (χ2v) is 7.34.